The highest BCUT2D eigenvalue weighted by molar-refractivity contribution is 7.98. The molecule has 0 fully saturated rings. The van der Waals surface area contributed by atoms with Crippen LogP contribution in [0.1, 0.15) is 38.4 Å². The van der Waals surface area contributed by atoms with Crippen molar-refractivity contribution in [3.8, 4) is 0 Å². The molecule has 2 atom stereocenters. The van der Waals surface area contributed by atoms with E-state index in [-0.39, 0.29) is 6.10 Å². The lowest BCUT2D eigenvalue weighted by molar-refractivity contribution is 0.112. The number of hydrogen-bond acceptors (Lipinski definition) is 2. The van der Waals surface area contributed by atoms with Gasteiger partial charge in [0.25, 0.3) is 0 Å². The Labute approximate surface area is 96.9 Å². The largest absolute Gasteiger partial charge is 0.388 e. The van der Waals surface area contributed by atoms with Crippen molar-refractivity contribution in [3.63, 3.8) is 0 Å². The molecule has 15 heavy (non-hydrogen) atoms. The zero-order valence-electron chi connectivity index (χ0n) is 9.73. The number of benzene rings is 1. The van der Waals surface area contributed by atoms with E-state index in [0.717, 1.165) is 18.4 Å². The van der Waals surface area contributed by atoms with E-state index < -0.39 is 0 Å². The van der Waals surface area contributed by atoms with E-state index >= 15 is 0 Å². The van der Waals surface area contributed by atoms with Gasteiger partial charge < -0.3 is 5.11 Å². The Balaban J connectivity index is 2.69. The number of aliphatic hydroxyl groups is 1. The van der Waals surface area contributed by atoms with Crippen molar-refractivity contribution in [1.29, 1.82) is 0 Å². The summed E-state index contributed by atoms with van der Waals surface area (Å²) in [5, 5.41) is 10.1. The van der Waals surface area contributed by atoms with Gasteiger partial charge in [0.2, 0.25) is 0 Å². The molecule has 0 radical (unpaired) electrons. The van der Waals surface area contributed by atoms with Gasteiger partial charge >= 0.3 is 0 Å². The Morgan fingerprint density at radius 3 is 2.33 bits per heavy atom. The van der Waals surface area contributed by atoms with Gasteiger partial charge in [-0.2, -0.15) is 0 Å². The van der Waals surface area contributed by atoms with Crippen LogP contribution >= 0.6 is 11.8 Å². The van der Waals surface area contributed by atoms with Gasteiger partial charge in [0.15, 0.2) is 0 Å². The summed E-state index contributed by atoms with van der Waals surface area (Å²) in [6, 6.07) is 8.20. The van der Waals surface area contributed by atoms with Gasteiger partial charge in [-0.25, -0.2) is 0 Å². The first-order valence-corrected chi connectivity index (χ1v) is 6.73. The molecular formula is C13H20OS. The summed E-state index contributed by atoms with van der Waals surface area (Å²) in [5.74, 6) is 0.343. The van der Waals surface area contributed by atoms with Crippen LogP contribution in [0.3, 0.4) is 0 Å². The first-order chi connectivity index (χ1) is 7.19. The monoisotopic (exact) mass is 224 g/mol. The van der Waals surface area contributed by atoms with Crippen molar-refractivity contribution in [2.24, 2.45) is 5.92 Å². The van der Waals surface area contributed by atoms with Gasteiger partial charge in [-0.15, -0.1) is 11.8 Å². The minimum absolute atomic E-state index is 0.319. The molecular weight excluding hydrogens is 204 g/mol. The van der Waals surface area contributed by atoms with Crippen LogP contribution in [-0.4, -0.2) is 11.4 Å². The first-order valence-electron chi connectivity index (χ1n) is 5.51. The quantitative estimate of drug-likeness (QED) is 0.766. The number of thioether (sulfide) groups is 1. The average Bonchev–Trinajstić information content (AvgIpc) is 2.28. The molecule has 0 spiro atoms. The maximum absolute atomic E-state index is 10.1. The summed E-state index contributed by atoms with van der Waals surface area (Å²) < 4.78 is 0. The van der Waals surface area contributed by atoms with Crippen LogP contribution in [0.25, 0.3) is 0 Å². The molecule has 0 aliphatic carbocycles. The molecule has 1 N–H and O–H groups in total. The van der Waals surface area contributed by atoms with Gasteiger partial charge in [0.05, 0.1) is 6.10 Å². The molecule has 0 bridgehead atoms. The van der Waals surface area contributed by atoms with Crippen LogP contribution in [0.4, 0.5) is 0 Å². The minimum Gasteiger partial charge on any atom is -0.388 e. The van der Waals surface area contributed by atoms with Crippen LogP contribution in [0.15, 0.2) is 29.2 Å². The lowest BCUT2D eigenvalue weighted by Gasteiger charge is -2.18. The molecule has 0 saturated heterocycles. The van der Waals surface area contributed by atoms with Crippen molar-refractivity contribution in [3.05, 3.63) is 29.8 Å². The molecule has 1 aromatic carbocycles. The average molecular weight is 224 g/mol. The molecule has 1 nitrogen and oxygen atoms in total. The molecule has 1 rings (SSSR count). The van der Waals surface area contributed by atoms with Crippen molar-refractivity contribution in [2.45, 2.75) is 37.7 Å². The maximum atomic E-state index is 10.1. The zero-order chi connectivity index (χ0) is 11.3. The van der Waals surface area contributed by atoms with Crippen LogP contribution in [0.2, 0.25) is 0 Å². The van der Waals surface area contributed by atoms with E-state index in [9.17, 15) is 5.11 Å². The third-order valence-electron chi connectivity index (χ3n) is 2.74. The molecule has 2 heteroatoms. The third kappa shape index (κ3) is 3.54. The van der Waals surface area contributed by atoms with Crippen LogP contribution in [0.5, 0.6) is 0 Å². The zero-order valence-corrected chi connectivity index (χ0v) is 10.6. The summed E-state index contributed by atoms with van der Waals surface area (Å²) in [7, 11) is 0. The molecule has 1 aromatic rings. The second kappa shape index (κ2) is 6.19. The first kappa shape index (κ1) is 12.6. The van der Waals surface area contributed by atoms with E-state index in [4.69, 9.17) is 0 Å². The van der Waals surface area contributed by atoms with Gasteiger partial charge in [-0.05, 0) is 36.3 Å². The van der Waals surface area contributed by atoms with E-state index in [2.05, 4.69) is 32.2 Å². The van der Waals surface area contributed by atoms with E-state index in [1.165, 1.54) is 4.90 Å². The van der Waals surface area contributed by atoms with Gasteiger partial charge in [0.1, 0.15) is 0 Å². The fourth-order valence-corrected chi connectivity index (χ4v) is 2.15. The molecule has 0 saturated carbocycles. The lowest BCUT2D eigenvalue weighted by atomic mass is 9.94. The number of aliphatic hydroxyl groups excluding tert-OH is 1. The van der Waals surface area contributed by atoms with E-state index in [1.54, 1.807) is 11.8 Å². The van der Waals surface area contributed by atoms with E-state index in [0.29, 0.717) is 5.92 Å². The molecule has 2 unspecified atom stereocenters. The molecule has 0 aromatic heterocycles. The topological polar surface area (TPSA) is 20.2 Å². The number of hydrogen-bond donors (Lipinski definition) is 1. The van der Waals surface area contributed by atoms with Crippen molar-refractivity contribution < 1.29 is 5.11 Å². The summed E-state index contributed by atoms with van der Waals surface area (Å²) in [6.07, 6.45) is 3.94. The fraction of sp³-hybridized carbons (Fsp3) is 0.538. The Morgan fingerprint density at radius 2 is 1.87 bits per heavy atom. The summed E-state index contributed by atoms with van der Waals surface area (Å²) in [5.41, 5.74) is 1.04. The molecule has 0 amide bonds. The Morgan fingerprint density at radius 1 is 1.27 bits per heavy atom. The second-order valence-electron chi connectivity index (χ2n) is 3.98. The Hall–Kier alpha value is -0.470. The molecule has 84 valence electrons. The molecule has 0 aliphatic rings. The van der Waals surface area contributed by atoms with Crippen LogP contribution < -0.4 is 0 Å². The predicted molar refractivity (Wildman–Crippen MR) is 67.3 cm³/mol. The Kier molecular flexibility index (Phi) is 5.20. The van der Waals surface area contributed by atoms with Crippen molar-refractivity contribution >= 4 is 11.8 Å². The van der Waals surface area contributed by atoms with Crippen molar-refractivity contribution in [1.82, 2.24) is 0 Å². The summed E-state index contributed by atoms with van der Waals surface area (Å²) in [6.45, 7) is 4.26. The highest BCUT2D eigenvalue weighted by atomic mass is 32.2. The van der Waals surface area contributed by atoms with Gasteiger partial charge in [-0.1, -0.05) is 32.4 Å². The number of rotatable bonds is 5. The lowest BCUT2D eigenvalue weighted by Crippen LogP contribution is -2.08. The second-order valence-corrected chi connectivity index (χ2v) is 4.86. The predicted octanol–water partition coefficient (Wildman–Crippen LogP) is 3.88. The SMILES string of the molecule is CCCC(C)C(O)c1ccc(SC)cc1. The third-order valence-corrected chi connectivity index (χ3v) is 3.48. The smallest absolute Gasteiger partial charge is 0.0815 e. The van der Waals surface area contributed by atoms with Crippen LogP contribution in [0, 0.1) is 5.92 Å². The fourth-order valence-electron chi connectivity index (χ4n) is 1.74. The highest BCUT2D eigenvalue weighted by Crippen LogP contribution is 2.26. The Bertz CT molecular complexity index is 281. The normalized spacial score (nSPS) is 14.9. The van der Waals surface area contributed by atoms with Crippen molar-refractivity contribution in [2.75, 3.05) is 6.26 Å². The summed E-state index contributed by atoms with van der Waals surface area (Å²) in [4.78, 5) is 1.24. The minimum atomic E-state index is -0.319. The maximum Gasteiger partial charge on any atom is 0.0815 e. The summed E-state index contributed by atoms with van der Waals surface area (Å²) >= 11 is 1.73. The van der Waals surface area contributed by atoms with Crippen LogP contribution in [-0.2, 0) is 0 Å². The standard InChI is InChI=1S/C13H20OS/c1-4-5-10(2)13(14)11-6-8-12(15-3)9-7-11/h6-10,13-14H,4-5H2,1-3H3. The van der Waals surface area contributed by atoms with E-state index in [1.807, 2.05) is 12.1 Å². The molecule has 0 aliphatic heterocycles. The van der Waals surface area contributed by atoms with Gasteiger partial charge in [-0.3, -0.25) is 0 Å². The molecule has 0 heterocycles. The van der Waals surface area contributed by atoms with Gasteiger partial charge in [0, 0.05) is 4.90 Å². The highest BCUT2D eigenvalue weighted by Gasteiger charge is 2.14.